The van der Waals surface area contributed by atoms with Crippen molar-refractivity contribution in [3.05, 3.63) is 82.2 Å². The van der Waals surface area contributed by atoms with Crippen molar-refractivity contribution in [1.29, 1.82) is 0 Å². The van der Waals surface area contributed by atoms with Crippen LogP contribution in [0.15, 0.2) is 65.2 Å². The Balaban J connectivity index is 1.79. The monoisotopic (exact) mass is 352 g/mol. The molecule has 0 aliphatic rings. The van der Waals surface area contributed by atoms with Gasteiger partial charge in [-0.2, -0.15) is 0 Å². The normalized spacial score (nSPS) is 10.2. The number of pyridine rings is 1. The third-order valence-electron chi connectivity index (χ3n) is 3.32. The highest BCUT2D eigenvalue weighted by Gasteiger charge is 2.19. The first kappa shape index (κ1) is 16.8. The van der Waals surface area contributed by atoms with Crippen LogP contribution in [-0.4, -0.2) is 21.7 Å². The van der Waals surface area contributed by atoms with Crippen LogP contribution in [0, 0.1) is 10.1 Å². The highest BCUT2D eigenvalue weighted by molar-refractivity contribution is 6.11. The molecule has 0 aliphatic carbocycles. The highest BCUT2D eigenvalue weighted by atomic mass is 16.6. The van der Waals surface area contributed by atoms with Crippen molar-refractivity contribution in [2.45, 2.75) is 0 Å². The summed E-state index contributed by atoms with van der Waals surface area (Å²) in [6.07, 6.45) is 1.53. The van der Waals surface area contributed by atoms with Gasteiger partial charge >= 0.3 is 5.88 Å². The van der Waals surface area contributed by atoms with E-state index in [1.165, 1.54) is 24.4 Å². The van der Waals surface area contributed by atoms with Gasteiger partial charge in [0.05, 0.1) is 17.3 Å². The molecule has 26 heavy (non-hydrogen) atoms. The van der Waals surface area contributed by atoms with E-state index in [9.17, 15) is 19.7 Å². The number of nitrogens with one attached hydrogen (secondary N) is 2. The summed E-state index contributed by atoms with van der Waals surface area (Å²) in [5.41, 5.74) is 0.428. The summed E-state index contributed by atoms with van der Waals surface area (Å²) < 4.78 is 4.85. The zero-order valence-corrected chi connectivity index (χ0v) is 13.2. The maximum Gasteiger partial charge on any atom is 0.433 e. The summed E-state index contributed by atoms with van der Waals surface area (Å²) in [4.78, 5) is 38.5. The standard InChI is InChI=1S/C17H12N4O5/c22-16(20-14-7-3-4-10-18-14)11-5-1-2-6-12(11)19-17(23)13-8-9-15(26-13)21(24)25/h1-10H,(H,19,23)(H,18,20,22). The second-order valence-electron chi connectivity index (χ2n) is 5.06. The van der Waals surface area contributed by atoms with Crippen molar-refractivity contribution in [3.63, 3.8) is 0 Å². The quantitative estimate of drug-likeness (QED) is 0.536. The van der Waals surface area contributed by atoms with E-state index in [1.807, 2.05) is 0 Å². The number of para-hydroxylation sites is 1. The number of hydrogen-bond acceptors (Lipinski definition) is 6. The minimum atomic E-state index is -0.745. The molecule has 0 spiro atoms. The van der Waals surface area contributed by atoms with Crippen LogP contribution in [-0.2, 0) is 0 Å². The summed E-state index contributed by atoms with van der Waals surface area (Å²) in [5.74, 6) is -1.60. The van der Waals surface area contributed by atoms with Crippen LogP contribution in [0.2, 0.25) is 0 Å². The molecule has 2 amide bonds. The first-order valence-electron chi connectivity index (χ1n) is 7.41. The lowest BCUT2D eigenvalue weighted by atomic mass is 10.1. The van der Waals surface area contributed by atoms with E-state index in [-0.39, 0.29) is 17.0 Å². The molecule has 130 valence electrons. The molecule has 3 rings (SSSR count). The van der Waals surface area contributed by atoms with Crippen LogP contribution in [0.25, 0.3) is 0 Å². The fourth-order valence-electron chi connectivity index (χ4n) is 2.14. The number of hydrogen-bond donors (Lipinski definition) is 2. The highest BCUT2D eigenvalue weighted by Crippen LogP contribution is 2.20. The van der Waals surface area contributed by atoms with Crippen LogP contribution >= 0.6 is 0 Å². The van der Waals surface area contributed by atoms with Gasteiger partial charge in [0, 0.05) is 6.20 Å². The number of aromatic nitrogens is 1. The van der Waals surface area contributed by atoms with E-state index in [0.29, 0.717) is 5.82 Å². The van der Waals surface area contributed by atoms with Gasteiger partial charge < -0.3 is 15.1 Å². The van der Waals surface area contributed by atoms with Gasteiger partial charge in [0.25, 0.3) is 11.8 Å². The van der Waals surface area contributed by atoms with Gasteiger partial charge in [0.1, 0.15) is 10.7 Å². The molecule has 0 fully saturated rings. The van der Waals surface area contributed by atoms with E-state index in [4.69, 9.17) is 4.42 Å². The Morgan fingerprint density at radius 3 is 2.42 bits per heavy atom. The summed E-state index contributed by atoms with van der Waals surface area (Å²) in [6.45, 7) is 0. The molecule has 2 aromatic heterocycles. The van der Waals surface area contributed by atoms with Gasteiger partial charge in [-0.1, -0.05) is 18.2 Å². The van der Waals surface area contributed by atoms with Crippen molar-refractivity contribution in [2.75, 3.05) is 10.6 Å². The predicted octanol–water partition coefficient (Wildman–Crippen LogP) is 3.09. The number of carbonyl (C=O) groups is 2. The summed E-state index contributed by atoms with van der Waals surface area (Å²) in [5, 5.41) is 15.8. The predicted molar refractivity (Wildman–Crippen MR) is 91.9 cm³/mol. The maximum atomic E-state index is 12.4. The molecule has 0 radical (unpaired) electrons. The van der Waals surface area contributed by atoms with Gasteiger partial charge in [-0.05, 0) is 30.3 Å². The van der Waals surface area contributed by atoms with Gasteiger partial charge in [-0.15, -0.1) is 0 Å². The number of amides is 2. The molecule has 0 bridgehead atoms. The second kappa shape index (κ2) is 7.26. The van der Waals surface area contributed by atoms with Crippen LogP contribution < -0.4 is 10.6 Å². The Labute approximate surface area is 146 Å². The van der Waals surface area contributed by atoms with Gasteiger partial charge in [-0.25, -0.2) is 4.98 Å². The third-order valence-corrected chi connectivity index (χ3v) is 3.32. The number of benzene rings is 1. The minimum absolute atomic E-state index is 0.201. The Bertz CT molecular complexity index is 968. The zero-order chi connectivity index (χ0) is 18.5. The van der Waals surface area contributed by atoms with Crippen LogP contribution in [0.1, 0.15) is 20.9 Å². The third kappa shape index (κ3) is 3.73. The summed E-state index contributed by atoms with van der Waals surface area (Å²) in [6, 6.07) is 13.7. The van der Waals surface area contributed by atoms with Crippen molar-refractivity contribution in [3.8, 4) is 0 Å². The molecular weight excluding hydrogens is 340 g/mol. The molecule has 2 heterocycles. The fourth-order valence-corrected chi connectivity index (χ4v) is 2.14. The van der Waals surface area contributed by atoms with E-state index in [2.05, 4.69) is 15.6 Å². The SMILES string of the molecule is O=C(Nc1ccccc1C(=O)Nc1ccccn1)c1ccc([N+](=O)[O-])o1. The van der Waals surface area contributed by atoms with Gasteiger partial charge in [0.15, 0.2) is 5.76 Å². The molecule has 0 saturated carbocycles. The molecule has 9 nitrogen and oxygen atoms in total. The molecular formula is C17H12N4O5. The lowest BCUT2D eigenvalue weighted by Crippen LogP contribution is -2.18. The number of carbonyl (C=O) groups excluding carboxylic acids is 2. The molecule has 0 atom stereocenters. The van der Waals surface area contributed by atoms with Crippen molar-refractivity contribution < 1.29 is 18.9 Å². The van der Waals surface area contributed by atoms with E-state index >= 15 is 0 Å². The molecule has 1 aromatic carbocycles. The Kier molecular flexibility index (Phi) is 4.70. The Hall–Kier alpha value is -4.01. The van der Waals surface area contributed by atoms with Gasteiger partial charge in [0.2, 0.25) is 0 Å². The lowest BCUT2D eigenvalue weighted by Gasteiger charge is -2.10. The first-order valence-corrected chi connectivity index (χ1v) is 7.41. The van der Waals surface area contributed by atoms with E-state index < -0.39 is 22.6 Å². The fraction of sp³-hybridized carbons (Fsp3) is 0. The number of furan rings is 1. The van der Waals surface area contributed by atoms with E-state index in [0.717, 1.165) is 6.07 Å². The Morgan fingerprint density at radius 1 is 0.962 bits per heavy atom. The summed E-state index contributed by atoms with van der Waals surface area (Å²) in [7, 11) is 0. The molecule has 0 aliphatic heterocycles. The van der Waals surface area contributed by atoms with Crippen molar-refractivity contribution in [1.82, 2.24) is 4.98 Å². The molecule has 9 heteroatoms. The molecule has 2 N–H and O–H groups in total. The van der Waals surface area contributed by atoms with Crippen molar-refractivity contribution >= 4 is 29.2 Å². The second-order valence-corrected chi connectivity index (χ2v) is 5.06. The maximum absolute atomic E-state index is 12.4. The largest absolute Gasteiger partial charge is 0.433 e. The summed E-state index contributed by atoms with van der Waals surface area (Å²) >= 11 is 0. The molecule has 3 aromatic rings. The van der Waals surface area contributed by atoms with Crippen LogP contribution in [0.4, 0.5) is 17.4 Å². The van der Waals surface area contributed by atoms with Gasteiger partial charge in [-0.3, -0.25) is 19.7 Å². The van der Waals surface area contributed by atoms with E-state index in [1.54, 1.807) is 30.3 Å². The minimum Gasteiger partial charge on any atom is -0.395 e. The number of nitrogens with zero attached hydrogens (tertiary/aromatic N) is 2. The zero-order valence-electron chi connectivity index (χ0n) is 13.2. The van der Waals surface area contributed by atoms with Crippen LogP contribution in [0.3, 0.4) is 0 Å². The topological polar surface area (TPSA) is 127 Å². The van der Waals surface area contributed by atoms with Crippen LogP contribution in [0.5, 0.6) is 0 Å². The average Bonchev–Trinajstić information content (AvgIpc) is 3.13. The number of anilines is 2. The van der Waals surface area contributed by atoms with Crippen molar-refractivity contribution in [2.24, 2.45) is 0 Å². The smallest absolute Gasteiger partial charge is 0.395 e. The lowest BCUT2D eigenvalue weighted by molar-refractivity contribution is -0.402. The number of rotatable bonds is 5. The molecule has 0 unspecified atom stereocenters. The average molecular weight is 352 g/mol. The first-order chi connectivity index (χ1) is 12.5. The Morgan fingerprint density at radius 2 is 1.73 bits per heavy atom. The number of nitro groups is 1. The molecule has 0 saturated heterocycles.